The fourth-order valence-corrected chi connectivity index (χ4v) is 1.88. The lowest BCUT2D eigenvalue weighted by Crippen LogP contribution is -2.44. The van der Waals surface area contributed by atoms with E-state index in [1.165, 1.54) is 6.07 Å². The normalized spacial score (nSPS) is 21.5. The summed E-state index contributed by atoms with van der Waals surface area (Å²) < 4.78 is 31.6. The Kier molecular flexibility index (Phi) is 4.14. The Morgan fingerprint density at radius 2 is 1.90 bits per heavy atom. The number of benzene rings is 1. The van der Waals surface area contributed by atoms with E-state index in [4.69, 9.17) is 9.84 Å². The van der Waals surface area contributed by atoms with Crippen molar-refractivity contribution in [1.29, 1.82) is 0 Å². The topological polar surface area (TPSA) is 87.7 Å². The van der Waals surface area contributed by atoms with Gasteiger partial charge in [-0.2, -0.15) is 0 Å². The first-order valence-electron chi connectivity index (χ1n) is 5.81. The number of carboxylic acid groups (broad SMARTS) is 1. The van der Waals surface area contributed by atoms with Gasteiger partial charge in [0.15, 0.2) is 0 Å². The number of carbonyl (C=O) groups excluding carboxylic acids is 1. The average molecular weight is 286 g/mol. The summed E-state index contributed by atoms with van der Waals surface area (Å²) >= 11 is 0. The van der Waals surface area contributed by atoms with Crippen molar-refractivity contribution < 1.29 is 28.2 Å². The molecule has 1 aliphatic rings. The van der Waals surface area contributed by atoms with Gasteiger partial charge in [-0.05, 0) is 12.1 Å². The average Bonchev–Trinajstić information content (AvgIpc) is 2.82. The molecule has 2 amide bonds. The molecule has 3 N–H and O–H groups in total. The Hall–Kier alpha value is -2.22. The van der Waals surface area contributed by atoms with E-state index in [0.29, 0.717) is 0 Å². The van der Waals surface area contributed by atoms with E-state index in [0.717, 1.165) is 12.1 Å². The third-order valence-electron chi connectivity index (χ3n) is 2.92. The van der Waals surface area contributed by atoms with E-state index in [1.54, 1.807) is 0 Å². The highest BCUT2D eigenvalue weighted by Crippen LogP contribution is 2.18. The minimum absolute atomic E-state index is 0.0195. The number of ether oxygens (including phenoxy) is 1. The van der Waals surface area contributed by atoms with Crippen LogP contribution in [0.25, 0.3) is 0 Å². The summed E-state index contributed by atoms with van der Waals surface area (Å²) in [6, 6.07) is 1.52. The molecule has 1 saturated heterocycles. The monoisotopic (exact) mass is 286 g/mol. The number of rotatable bonds is 3. The van der Waals surface area contributed by atoms with E-state index in [1.807, 2.05) is 5.32 Å². The number of carbonyl (C=O) groups is 2. The van der Waals surface area contributed by atoms with Gasteiger partial charge in [0.05, 0.1) is 19.3 Å². The van der Waals surface area contributed by atoms with Crippen molar-refractivity contribution in [3.05, 3.63) is 29.8 Å². The first-order chi connectivity index (χ1) is 9.49. The number of carboxylic acids is 1. The molecule has 2 rings (SSSR count). The summed E-state index contributed by atoms with van der Waals surface area (Å²) in [7, 11) is 0. The van der Waals surface area contributed by atoms with Gasteiger partial charge in [0, 0.05) is 0 Å². The summed E-state index contributed by atoms with van der Waals surface area (Å²) in [4.78, 5) is 22.5. The Bertz CT molecular complexity index is 518. The van der Waals surface area contributed by atoms with Crippen LogP contribution in [0.15, 0.2) is 18.2 Å². The van der Waals surface area contributed by atoms with Crippen LogP contribution < -0.4 is 10.6 Å². The van der Waals surface area contributed by atoms with E-state index in [9.17, 15) is 18.4 Å². The fraction of sp³-hybridized carbons (Fsp3) is 0.333. The van der Waals surface area contributed by atoms with Crippen LogP contribution in [0.1, 0.15) is 0 Å². The van der Waals surface area contributed by atoms with Crippen molar-refractivity contribution in [2.75, 3.05) is 18.5 Å². The molecular weight excluding hydrogens is 274 g/mol. The van der Waals surface area contributed by atoms with Gasteiger partial charge in [0.2, 0.25) is 0 Å². The molecule has 2 unspecified atom stereocenters. The van der Waals surface area contributed by atoms with Gasteiger partial charge in [-0.1, -0.05) is 6.07 Å². The van der Waals surface area contributed by atoms with E-state index in [-0.39, 0.29) is 13.2 Å². The number of hydrogen-bond donors (Lipinski definition) is 3. The van der Waals surface area contributed by atoms with Crippen LogP contribution in [0.3, 0.4) is 0 Å². The molecule has 108 valence electrons. The molecule has 1 heterocycles. The molecule has 6 nitrogen and oxygen atoms in total. The van der Waals surface area contributed by atoms with Crippen LogP contribution in [0.5, 0.6) is 0 Å². The van der Waals surface area contributed by atoms with Gasteiger partial charge in [0.1, 0.15) is 23.2 Å². The standard InChI is InChI=1S/C12H12F2N2O4/c13-7-2-1-3-8(14)10(7)16-12(19)15-9-5-20-4-6(9)11(17)18/h1-3,6,9H,4-5H2,(H,17,18)(H2,15,16,19). The molecule has 20 heavy (non-hydrogen) atoms. The zero-order valence-corrected chi connectivity index (χ0v) is 10.2. The number of anilines is 1. The van der Waals surface area contributed by atoms with Gasteiger partial charge in [-0.3, -0.25) is 4.79 Å². The lowest BCUT2D eigenvalue weighted by Gasteiger charge is -2.16. The summed E-state index contributed by atoms with van der Waals surface area (Å²) in [5.74, 6) is -3.83. The number of halogens is 2. The minimum atomic E-state index is -1.11. The Morgan fingerprint density at radius 1 is 1.25 bits per heavy atom. The second-order valence-electron chi connectivity index (χ2n) is 4.28. The van der Waals surface area contributed by atoms with Gasteiger partial charge in [-0.15, -0.1) is 0 Å². The first-order valence-corrected chi connectivity index (χ1v) is 5.81. The van der Waals surface area contributed by atoms with Gasteiger partial charge in [0.25, 0.3) is 0 Å². The van der Waals surface area contributed by atoms with Crippen molar-refractivity contribution in [3.8, 4) is 0 Å². The lowest BCUT2D eigenvalue weighted by molar-refractivity contribution is -0.142. The molecule has 1 aromatic carbocycles. The maximum absolute atomic E-state index is 13.3. The van der Waals surface area contributed by atoms with Gasteiger partial charge in [-0.25, -0.2) is 13.6 Å². The predicted octanol–water partition coefficient (Wildman–Crippen LogP) is 1.19. The second-order valence-corrected chi connectivity index (χ2v) is 4.28. The maximum Gasteiger partial charge on any atom is 0.319 e. The van der Waals surface area contributed by atoms with E-state index in [2.05, 4.69) is 5.32 Å². The maximum atomic E-state index is 13.3. The summed E-state index contributed by atoms with van der Waals surface area (Å²) in [6.07, 6.45) is 0. The third-order valence-corrected chi connectivity index (χ3v) is 2.92. The van der Waals surface area contributed by atoms with Crippen molar-refractivity contribution in [3.63, 3.8) is 0 Å². The van der Waals surface area contributed by atoms with Crippen LogP contribution in [-0.2, 0) is 9.53 Å². The molecule has 1 aliphatic heterocycles. The minimum Gasteiger partial charge on any atom is -0.481 e. The Balaban J connectivity index is 2.01. The van der Waals surface area contributed by atoms with Crippen LogP contribution in [-0.4, -0.2) is 36.4 Å². The van der Waals surface area contributed by atoms with Crippen molar-refractivity contribution in [2.45, 2.75) is 6.04 Å². The first kappa shape index (κ1) is 14.2. The fourth-order valence-electron chi connectivity index (χ4n) is 1.88. The number of nitrogens with one attached hydrogen (secondary N) is 2. The van der Waals surface area contributed by atoms with Crippen molar-refractivity contribution in [2.24, 2.45) is 5.92 Å². The SMILES string of the molecule is O=C(Nc1c(F)cccc1F)NC1COCC1C(=O)O. The van der Waals surface area contributed by atoms with E-state index < -0.39 is 41.3 Å². The zero-order chi connectivity index (χ0) is 14.7. The lowest BCUT2D eigenvalue weighted by atomic mass is 10.0. The van der Waals surface area contributed by atoms with Crippen LogP contribution in [0.2, 0.25) is 0 Å². The molecule has 1 fully saturated rings. The van der Waals surface area contributed by atoms with Crippen LogP contribution >= 0.6 is 0 Å². The quantitative estimate of drug-likeness (QED) is 0.778. The molecule has 2 atom stereocenters. The number of amides is 2. The highest BCUT2D eigenvalue weighted by atomic mass is 19.1. The summed E-state index contributed by atoms with van der Waals surface area (Å²) in [6.45, 7) is 0.0124. The van der Waals surface area contributed by atoms with Crippen LogP contribution in [0, 0.1) is 17.6 Å². The number of urea groups is 1. The molecule has 0 aromatic heterocycles. The highest BCUT2D eigenvalue weighted by Gasteiger charge is 2.35. The third kappa shape index (κ3) is 3.02. The zero-order valence-electron chi connectivity index (χ0n) is 10.2. The molecule has 0 spiro atoms. The summed E-state index contributed by atoms with van der Waals surface area (Å²) in [5.41, 5.74) is -0.587. The predicted molar refractivity (Wildman–Crippen MR) is 64.2 cm³/mol. The molecule has 0 saturated carbocycles. The van der Waals surface area contributed by atoms with Gasteiger partial charge < -0.3 is 20.5 Å². The molecule has 8 heteroatoms. The highest BCUT2D eigenvalue weighted by molar-refractivity contribution is 5.90. The van der Waals surface area contributed by atoms with E-state index >= 15 is 0 Å². The Labute approximate surface area is 112 Å². The smallest absolute Gasteiger partial charge is 0.319 e. The summed E-state index contributed by atoms with van der Waals surface area (Å²) in [5, 5.41) is 13.2. The molecule has 0 radical (unpaired) electrons. The second kappa shape index (κ2) is 5.83. The molecule has 0 aliphatic carbocycles. The van der Waals surface area contributed by atoms with Crippen molar-refractivity contribution in [1.82, 2.24) is 5.32 Å². The van der Waals surface area contributed by atoms with Crippen LogP contribution in [0.4, 0.5) is 19.3 Å². The molecule has 1 aromatic rings. The number of para-hydroxylation sites is 1. The van der Waals surface area contributed by atoms with Gasteiger partial charge >= 0.3 is 12.0 Å². The number of aliphatic carboxylic acids is 1. The molecular formula is C12H12F2N2O4. The van der Waals surface area contributed by atoms with Crippen molar-refractivity contribution >= 4 is 17.7 Å². The molecule has 0 bridgehead atoms. The number of hydrogen-bond acceptors (Lipinski definition) is 3. The largest absolute Gasteiger partial charge is 0.481 e. The Morgan fingerprint density at radius 3 is 2.50 bits per heavy atom.